The summed E-state index contributed by atoms with van der Waals surface area (Å²) in [7, 11) is 0. The van der Waals surface area contributed by atoms with Crippen molar-refractivity contribution >= 4 is 27.4 Å². The van der Waals surface area contributed by atoms with E-state index in [0.717, 1.165) is 37.0 Å². The summed E-state index contributed by atoms with van der Waals surface area (Å²) in [5, 5.41) is 3.39. The van der Waals surface area contributed by atoms with E-state index < -0.39 is 0 Å². The van der Waals surface area contributed by atoms with Gasteiger partial charge in [-0.1, -0.05) is 12.1 Å². The van der Waals surface area contributed by atoms with Gasteiger partial charge in [0.25, 0.3) is 0 Å². The van der Waals surface area contributed by atoms with Crippen LogP contribution in [0.1, 0.15) is 16.7 Å². The van der Waals surface area contributed by atoms with Gasteiger partial charge in [0.2, 0.25) is 0 Å². The molecule has 0 N–H and O–H groups in total. The van der Waals surface area contributed by atoms with E-state index in [-0.39, 0.29) is 0 Å². The topological polar surface area (TPSA) is 38.2 Å². The van der Waals surface area contributed by atoms with Crippen molar-refractivity contribution in [2.75, 3.05) is 31.2 Å². The van der Waals surface area contributed by atoms with Crippen LogP contribution in [0.5, 0.6) is 0 Å². The van der Waals surface area contributed by atoms with Crippen LogP contribution < -0.4 is 4.90 Å². The molecule has 1 aliphatic heterocycles. The third kappa shape index (κ3) is 2.58. The van der Waals surface area contributed by atoms with E-state index in [0.29, 0.717) is 0 Å². The normalized spacial score (nSPS) is 15.2. The summed E-state index contributed by atoms with van der Waals surface area (Å²) in [6.45, 7) is 9.82. The summed E-state index contributed by atoms with van der Waals surface area (Å²) in [5.41, 5.74) is 6.51. The highest BCUT2D eigenvalue weighted by molar-refractivity contribution is 7.17. The smallest absolute Gasteiger partial charge is 0.141 e. The van der Waals surface area contributed by atoms with Crippen molar-refractivity contribution in [3.8, 4) is 11.1 Å². The Bertz CT molecular complexity index is 874. The lowest BCUT2D eigenvalue weighted by Gasteiger charge is -2.28. The minimum absolute atomic E-state index is 0.758. The second kappa shape index (κ2) is 6.15. The van der Waals surface area contributed by atoms with Gasteiger partial charge < -0.3 is 9.64 Å². The Morgan fingerprint density at radius 1 is 1.04 bits per heavy atom. The molecule has 4 rings (SSSR count). The maximum absolute atomic E-state index is 5.49. The molecule has 3 aromatic rings. The SMILES string of the molecule is Cc1cc(-c2csc3ncnc(N4CCOCC4)c23)cc(C)c1C. The van der Waals surface area contributed by atoms with Crippen molar-refractivity contribution in [2.24, 2.45) is 0 Å². The van der Waals surface area contributed by atoms with Gasteiger partial charge in [0.05, 0.1) is 18.6 Å². The highest BCUT2D eigenvalue weighted by Gasteiger charge is 2.20. The van der Waals surface area contributed by atoms with Gasteiger partial charge >= 0.3 is 0 Å². The summed E-state index contributed by atoms with van der Waals surface area (Å²) in [6, 6.07) is 4.56. The van der Waals surface area contributed by atoms with E-state index in [2.05, 4.69) is 53.2 Å². The number of ether oxygens (including phenoxy) is 1. The Kier molecular flexibility index (Phi) is 3.98. The molecule has 0 aliphatic carbocycles. The molecule has 24 heavy (non-hydrogen) atoms. The molecule has 0 atom stereocenters. The first kappa shape index (κ1) is 15.5. The Morgan fingerprint density at radius 2 is 1.75 bits per heavy atom. The van der Waals surface area contributed by atoms with Gasteiger partial charge in [-0.2, -0.15) is 0 Å². The van der Waals surface area contributed by atoms with Crippen LogP contribution in [0.4, 0.5) is 5.82 Å². The zero-order chi connectivity index (χ0) is 16.7. The third-order valence-corrected chi connectivity index (χ3v) is 5.79. The van der Waals surface area contributed by atoms with Crippen molar-refractivity contribution in [3.63, 3.8) is 0 Å². The molecule has 5 heteroatoms. The van der Waals surface area contributed by atoms with Gasteiger partial charge in [-0.05, 0) is 43.0 Å². The van der Waals surface area contributed by atoms with Gasteiger partial charge in [0.1, 0.15) is 17.0 Å². The number of fused-ring (bicyclic) bond motifs is 1. The number of rotatable bonds is 2. The highest BCUT2D eigenvalue weighted by atomic mass is 32.1. The first-order chi connectivity index (χ1) is 11.6. The second-order valence-corrected chi connectivity index (χ2v) is 7.22. The second-order valence-electron chi connectivity index (χ2n) is 6.36. The number of hydrogen-bond donors (Lipinski definition) is 0. The molecule has 0 spiro atoms. The van der Waals surface area contributed by atoms with Crippen molar-refractivity contribution in [1.82, 2.24) is 9.97 Å². The predicted octanol–water partition coefficient (Wildman–Crippen LogP) is 4.12. The standard InChI is InChI=1S/C19H21N3OS/c1-12-8-15(9-13(2)14(12)3)16-10-24-19-17(16)18(20-11-21-19)22-4-6-23-7-5-22/h8-11H,4-7H2,1-3H3. The van der Waals surface area contributed by atoms with Crippen LogP contribution in [0.3, 0.4) is 0 Å². The quantitative estimate of drug-likeness (QED) is 0.704. The van der Waals surface area contributed by atoms with E-state index in [4.69, 9.17) is 4.74 Å². The van der Waals surface area contributed by atoms with Crippen LogP contribution in [-0.2, 0) is 4.74 Å². The first-order valence-corrected chi connectivity index (χ1v) is 9.16. The average molecular weight is 339 g/mol. The van der Waals surface area contributed by atoms with E-state index in [1.54, 1.807) is 17.7 Å². The zero-order valence-electron chi connectivity index (χ0n) is 14.3. The number of anilines is 1. The first-order valence-electron chi connectivity index (χ1n) is 8.28. The van der Waals surface area contributed by atoms with Crippen molar-refractivity contribution in [2.45, 2.75) is 20.8 Å². The summed E-state index contributed by atoms with van der Waals surface area (Å²) in [6.07, 6.45) is 1.68. The lowest BCUT2D eigenvalue weighted by Crippen LogP contribution is -2.36. The Hall–Kier alpha value is -1.98. The molecule has 1 aliphatic rings. The van der Waals surface area contributed by atoms with E-state index in [1.807, 2.05) is 0 Å². The lowest BCUT2D eigenvalue weighted by molar-refractivity contribution is 0.122. The Balaban J connectivity index is 1.90. The predicted molar refractivity (Wildman–Crippen MR) is 100 cm³/mol. The molecule has 1 saturated heterocycles. The number of aryl methyl sites for hydroxylation is 2. The van der Waals surface area contributed by atoms with Gasteiger partial charge in [0, 0.05) is 24.0 Å². The number of thiophene rings is 1. The fourth-order valence-corrected chi connectivity index (χ4v) is 4.19. The van der Waals surface area contributed by atoms with Crippen molar-refractivity contribution in [3.05, 3.63) is 40.5 Å². The molecule has 0 saturated carbocycles. The minimum Gasteiger partial charge on any atom is -0.378 e. The Morgan fingerprint density at radius 3 is 2.46 bits per heavy atom. The van der Waals surface area contributed by atoms with Crippen LogP contribution >= 0.6 is 11.3 Å². The fourth-order valence-electron chi connectivity index (χ4n) is 3.28. The molecule has 0 radical (unpaired) electrons. The van der Waals surface area contributed by atoms with Gasteiger partial charge in [-0.15, -0.1) is 11.3 Å². The molecule has 2 aromatic heterocycles. The molecular weight excluding hydrogens is 318 g/mol. The molecule has 0 amide bonds. The Labute approximate surface area is 146 Å². The summed E-state index contributed by atoms with van der Waals surface area (Å²) in [5.74, 6) is 1.04. The van der Waals surface area contributed by atoms with E-state index in [9.17, 15) is 0 Å². The summed E-state index contributed by atoms with van der Waals surface area (Å²) >= 11 is 1.69. The molecule has 0 bridgehead atoms. The minimum atomic E-state index is 0.758. The number of hydrogen-bond acceptors (Lipinski definition) is 5. The number of morpholine rings is 1. The van der Waals surface area contributed by atoms with E-state index in [1.165, 1.54) is 33.2 Å². The monoisotopic (exact) mass is 339 g/mol. The summed E-state index contributed by atoms with van der Waals surface area (Å²) < 4.78 is 5.49. The molecule has 0 unspecified atom stereocenters. The summed E-state index contributed by atoms with van der Waals surface area (Å²) in [4.78, 5) is 12.5. The van der Waals surface area contributed by atoms with Crippen molar-refractivity contribution < 1.29 is 4.74 Å². The maximum Gasteiger partial charge on any atom is 0.141 e. The van der Waals surface area contributed by atoms with Crippen LogP contribution in [-0.4, -0.2) is 36.3 Å². The molecule has 1 fully saturated rings. The van der Waals surface area contributed by atoms with Crippen LogP contribution in [0.15, 0.2) is 23.8 Å². The third-order valence-electron chi connectivity index (χ3n) is 4.90. The average Bonchev–Trinajstić information content (AvgIpc) is 3.04. The van der Waals surface area contributed by atoms with Gasteiger partial charge in [-0.3, -0.25) is 0 Å². The maximum atomic E-state index is 5.49. The van der Waals surface area contributed by atoms with Crippen molar-refractivity contribution in [1.29, 1.82) is 0 Å². The van der Waals surface area contributed by atoms with Gasteiger partial charge in [-0.25, -0.2) is 9.97 Å². The molecule has 3 heterocycles. The lowest BCUT2D eigenvalue weighted by atomic mass is 9.96. The van der Waals surface area contributed by atoms with Gasteiger partial charge in [0.15, 0.2) is 0 Å². The molecule has 1 aromatic carbocycles. The largest absolute Gasteiger partial charge is 0.378 e. The number of aromatic nitrogens is 2. The zero-order valence-corrected chi connectivity index (χ0v) is 15.1. The van der Waals surface area contributed by atoms with Crippen LogP contribution in [0, 0.1) is 20.8 Å². The van der Waals surface area contributed by atoms with Crippen LogP contribution in [0.25, 0.3) is 21.3 Å². The fraction of sp³-hybridized carbons (Fsp3) is 0.368. The molecule has 124 valence electrons. The number of benzene rings is 1. The highest BCUT2D eigenvalue weighted by Crippen LogP contribution is 2.39. The molecule has 4 nitrogen and oxygen atoms in total. The van der Waals surface area contributed by atoms with E-state index >= 15 is 0 Å². The number of nitrogens with zero attached hydrogens (tertiary/aromatic N) is 3. The molecular formula is C19H21N3OS. The van der Waals surface area contributed by atoms with Crippen LogP contribution in [0.2, 0.25) is 0 Å².